The van der Waals surface area contributed by atoms with Gasteiger partial charge in [-0.05, 0) is 34.2 Å². The zero-order valence-electron chi connectivity index (χ0n) is 10.4. The Morgan fingerprint density at radius 2 is 1.80 bits per heavy atom. The van der Waals surface area contributed by atoms with E-state index in [9.17, 15) is 5.21 Å². The van der Waals surface area contributed by atoms with Crippen LogP contribution in [0.3, 0.4) is 0 Å². The fourth-order valence-corrected chi connectivity index (χ4v) is 1.86. The molecule has 3 aromatic rings. The van der Waals surface area contributed by atoms with Crippen molar-refractivity contribution in [2.45, 2.75) is 0 Å². The molecule has 1 heterocycles. The Bertz CT molecular complexity index is 826. The first kappa shape index (κ1) is 11.9. The average Bonchev–Trinajstić information content (AvgIpc) is 2.87. The molecule has 96 valence electrons. The van der Waals surface area contributed by atoms with Crippen LogP contribution in [0.15, 0.2) is 47.1 Å². The molecule has 0 atom stereocenters. The Morgan fingerprint density at radius 3 is 2.55 bits per heavy atom. The van der Waals surface area contributed by atoms with Crippen molar-refractivity contribution >= 4 is 23.2 Å². The molecule has 0 aliphatic rings. The number of hydrogen-bond acceptors (Lipinski definition) is 4. The van der Waals surface area contributed by atoms with Crippen molar-refractivity contribution in [2.75, 3.05) is 0 Å². The van der Waals surface area contributed by atoms with Crippen molar-refractivity contribution < 1.29 is 9.53 Å². The molecule has 5 nitrogen and oxygen atoms in total. The van der Waals surface area contributed by atoms with Crippen LogP contribution in [0, 0.1) is 16.5 Å². The largest absolute Gasteiger partial charge is 0.359 e. The van der Waals surface area contributed by atoms with Gasteiger partial charge in [-0.1, -0.05) is 30.4 Å². The second kappa shape index (κ2) is 4.86. The summed E-state index contributed by atoms with van der Waals surface area (Å²) in [5, 5.41) is 23.6. The zero-order valence-corrected chi connectivity index (χ0v) is 10.4. The molecule has 0 amide bonds. The molecule has 2 aromatic carbocycles. The van der Waals surface area contributed by atoms with Crippen LogP contribution in [0.4, 0.5) is 0 Å². The first-order chi connectivity index (χ1) is 9.76. The van der Waals surface area contributed by atoms with Crippen molar-refractivity contribution in [2.24, 2.45) is 0 Å². The smallest absolute Gasteiger partial charge is 0.249 e. The molecule has 0 bridgehead atoms. The summed E-state index contributed by atoms with van der Waals surface area (Å²) in [5.74, 6) is 0. The van der Waals surface area contributed by atoms with E-state index in [2.05, 4.69) is 15.9 Å². The molecule has 0 unspecified atom stereocenters. The number of benzene rings is 2. The number of nitrogens with zero attached hydrogens (tertiary/aromatic N) is 3. The average molecular weight is 263 g/mol. The monoisotopic (exact) mass is 263 g/mol. The highest BCUT2D eigenvalue weighted by Gasteiger charge is 2.07. The number of aromatic nitrogens is 2. The van der Waals surface area contributed by atoms with Gasteiger partial charge in [0.2, 0.25) is 11.0 Å². The summed E-state index contributed by atoms with van der Waals surface area (Å²) in [7, 11) is 0. The normalized spacial score (nSPS) is 10.9. The van der Waals surface area contributed by atoms with Gasteiger partial charge >= 0.3 is 0 Å². The van der Waals surface area contributed by atoms with Gasteiger partial charge in [0.25, 0.3) is 0 Å². The van der Waals surface area contributed by atoms with Gasteiger partial charge < -0.3 is 5.21 Å². The fraction of sp³-hybridized carbons (Fsp3) is 0. The van der Waals surface area contributed by atoms with Crippen LogP contribution in [0.2, 0.25) is 0 Å². The van der Waals surface area contributed by atoms with E-state index < -0.39 is 0 Å². The van der Waals surface area contributed by atoms with E-state index in [1.165, 1.54) is 0 Å². The molecule has 0 saturated heterocycles. The molecule has 0 spiro atoms. The van der Waals surface area contributed by atoms with Crippen LogP contribution in [-0.2, 0) is 0 Å². The third-order valence-electron chi connectivity index (χ3n) is 2.92. The highest BCUT2D eigenvalue weighted by Crippen LogP contribution is 2.14. The lowest BCUT2D eigenvalue weighted by Gasteiger charge is -1.94. The minimum absolute atomic E-state index is 0.378. The van der Waals surface area contributed by atoms with E-state index in [-0.39, 0.29) is 0 Å². The number of nitriles is 1. The van der Waals surface area contributed by atoms with Crippen molar-refractivity contribution in [1.82, 2.24) is 5.16 Å². The predicted molar refractivity (Wildman–Crippen MR) is 73.1 cm³/mol. The molecule has 1 aromatic heterocycles. The molecule has 20 heavy (non-hydrogen) atoms. The minimum atomic E-state index is 0.378. The van der Waals surface area contributed by atoms with Gasteiger partial charge in [-0.3, -0.25) is 4.63 Å². The van der Waals surface area contributed by atoms with Crippen molar-refractivity contribution in [3.63, 3.8) is 0 Å². The molecule has 0 fully saturated rings. The lowest BCUT2D eigenvalue weighted by molar-refractivity contribution is -0.782. The summed E-state index contributed by atoms with van der Waals surface area (Å²) in [5.41, 5.74) is 3.45. The summed E-state index contributed by atoms with van der Waals surface area (Å²) < 4.78 is 4.51. The third-order valence-corrected chi connectivity index (χ3v) is 2.92. The molecule has 0 aliphatic heterocycles. The Morgan fingerprint density at radius 1 is 1.10 bits per heavy atom. The fourth-order valence-electron chi connectivity index (χ4n) is 1.86. The second-order valence-electron chi connectivity index (χ2n) is 4.25. The lowest BCUT2D eigenvalue weighted by Crippen LogP contribution is -2.22. The second-order valence-corrected chi connectivity index (χ2v) is 4.25. The number of fused-ring (bicyclic) bond motifs is 1. The maximum absolute atomic E-state index is 11.2. The first-order valence-electron chi connectivity index (χ1n) is 5.94. The van der Waals surface area contributed by atoms with Crippen LogP contribution in [0.25, 0.3) is 23.2 Å². The van der Waals surface area contributed by atoms with Crippen LogP contribution in [0.1, 0.15) is 16.7 Å². The van der Waals surface area contributed by atoms with E-state index in [4.69, 9.17) is 5.26 Å². The van der Waals surface area contributed by atoms with E-state index in [1.54, 1.807) is 24.3 Å². The Labute approximate surface area is 114 Å². The number of hydrogen-bond donors (Lipinski definition) is 0. The first-order valence-corrected chi connectivity index (χ1v) is 5.94. The van der Waals surface area contributed by atoms with Gasteiger partial charge in [-0.2, -0.15) is 5.26 Å². The van der Waals surface area contributed by atoms with Crippen molar-refractivity contribution in [1.29, 1.82) is 5.26 Å². The molecular weight excluding hydrogens is 254 g/mol. The van der Waals surface area contributed by atoms with Crippen LogP contribution in [-0.4, -0.2) is 5.16 Å². The van der Waals surface area contributed by atoms with Gasteiger partial charge in [-0.15, -0.1) is 0 Å². The maximum atomic E-state index is 11.2. The predicted octanol–water partition coefficient (Wildman–Crippen LogP) is 2.50. The minimum Gasteiger partial charge on any atom is -0.359 e. The van der Waals surface area contributed by atoms with Crippen molar-refractivity contribution in [3.05, 3.63) is 64.4 Å². The molecule has 0 aliphatic carbocycles. The highest BCUT2D eigenvalue weighted by atomic mass is 16.8. The van der Waals surface area contributed by atoms with Gasteiger partial charge in [0.1, 0.15) is 0 Å². The summed E-state index contributed by atoms with van der Waals surface area (Å²) in [6, 6.07) is 14.6. The molecule has 0 saturated carbocycles. The quantitative estimate of drug-likeness (QED) is 0.525. The molecule has 0 N–H and O–H groups in total. The summed E-state index contributed by atoms with van der Waals surface area (Å²) >= 11 is 0. The molecule has 0 radical (unpaired) electrons. The van der Waals surface area contributed by atoms with Crippen molar-refractivity contribution in [3.8, 4) is 6.07 Å². The maximum Gasteiger partial charge on any atom is 0.249 e. The van der Waals surface area contributed by atoms with Gasteiger partial charge in [-0.25, -0.2) is 0 Å². The topological polar surface area (TPSA) is 76.8 Å². The highest BCUT2D eigenvalue weighted by molar-refractivity contribution is 5.78. The Kier molecular flexibility index (Phi) is 2.90. The van der Waals surface area contributed by atoms with Gasteiger partial charge in [0.05, 0.1) is 11.6 Å². The van der Waals surface area contributed by atoms with Gasteiger partial charge in [0, 0.05) is 11.2 Å². The standard InChI is InChI=1S/C15H9N3O2/c16-10-13-5-2-11(3-6-13)1-4-12-7-8-15-14(9-12)17-20-18(15)19/h1-9H/b4-1-. The zero-order chi connectivity index (χ0) is 13.9. The third kappa shape index (κ3) is 2.22. The van der Waals surface area contributed by atoms with Crippen LogP contribution < -0.4 is 4.90 Å². The van der Waals surface area contributed by atoms with E-state index in [1.807, 2.05) is 30.4 Å². The Hall–Kier alpha value is -3.13. The Balaban J connectivity index is 1.87. The van der Waals surface area contributed by atoms with Gasteiger partial charge in [0.15, 0.2) is 0 Å². The molecule has 5 heteroatoms. The summed E-state index contributed by atoms with van der Waals surface area (Å²) in [6.07, 6.45) is 3.83. The molecular formula is C15H9N3O2. The SMILES string of the molecule is N#Cc1ccc(/C=C\c2ccc3c(c2)no[n+]3[O-])cc1. The van der Waals surface area contributed by atoms with E-state index in [0.717, 1.165) is 11.1 Å². The lowest BCUT2D eigenvalue weighted by atomic mass is 10.1. The summed E-state index contributed by atoms with van der Waals surface area (Å²) in [4.78, 5) is 0.378. The van der Waals surface area contributed by atoms with E-state index in [0.29, 0.717) is 21.5 Å². The van der Waals surface area contributed by atoms with Crippen LogP contribution in [0.5, 0.6) is 0 Å². The summed E-state index contributed by atoms with van der Waals surface area (Å²) in [6.45, 7) is 0. The number of rotatable bonds is 2. The van der Waals surface area contributed by atoms with E-state index >= 15 is 0 Å². The molecule has 3 rings (SSSR count). The van der Waals surface area contributed by atoms with Crippen LogP contribution >= 0.6 is 0 Å².